The quantitative estimate of drug-likeness (QED) is 0.519. The van der Waals surface area contributed by atoms with Crippen molar-refractivity contribution >= 4 is 16.9 Å². The Hall–Kier alpha value is -3.33. The SMILES string of the molecule is Cc1ccc2oc(-c3ccccc3)c(-c3ccccc3)c2c1C(=O)O. The van der Waals surface area contributed by atoms with Crippen LogP contribution in [-0.2, 0) is 0 Å². The van der Waals surface area contributed by atoms with Crippen LogP contribution in [0.5, 0.6) is 0 Å². The molecule has 3 nitrogen and oxygen atoms in total. The highest BCUT2D eigenvalue weighted by molar-refractivity contribution is 6.13. The fourth-order valence-corrected chi connectivity index (χ4v) is 3.24. The summed E-state index contributed by atoms with van der Waals surface area (Å²) in [5.41, 5.74) is 4.28. The third-order valence-electron chi connectivity index (χ3n) is 4.38. The van der Waals surface area contributed by atoms with Gasteiger partial charge in [-0.2, -0.15) is 0 Å². The number of hydrogen-bond donors (Lipinski definition) is 1. The number of aromatic carboxylic acids is 1. The van der Waals surface area contributed by atoms with E-state index in [1.54, 1.807) is 6.07 Å². The van der Waals surface area contributed by atoms with Gasteiger partial charge < -0.3 is 9.52 Å². The summed E-state index contributed by atoms with van der Waals surface area (Å²) in [6, 6.07) is 23.2. The molecule has 4 aromatic rings. The third-order valence-corrected chi connectivity index (χ3v) is 4.38. The normalized spacial score (nSPS) is 10.9. The minimum atomic E-state index is -0.944. The lowest BCUT2D eigenvalue weighted by molar-refractivity contribution is 0.0698. The van der Waals surface area contributed by atoms with Crippen LogP contribution in [-0.4, -0.2) is 11.1 Å². The van der Waals surface area contributed by atoms with Gasteiger partial charge in [0.15, 0.2) is 0 Å². The van der Waals surface area contributed by atoms with Crippen LogP contribution in [0.15, 0.2) is 77.2 Å². The zero-order chi connectivity index (χ0) is 17.4. The van der Waals surface area contributed by atoms with Crippen LogP contribution in [0.4, 0.5) is 0 Å². The summed E-state index contributed by atoms with van der Waals surface area (Å²) in [6.45, 7) is 1.81. The van der Waals surface area contributed by atoms with Crippen LogP contribution in [0.3, 0.4) is 0 Å². The number of furan rings is 1. The van der Waals surface area contributed by atoms with Crippen molar-refractivity contribution in [2.24, 2.45) is 0 Å². The van der Waals surface area contributed by atoms with E-state index >= 15 is 0 Å². The summed E-state index contributed by atoms with van der Waals surface area (Å²) in [5, 5.41) is 10.4. The molecule has 0 aliphatic heterocycles. The number of hydrogen-bond acceptors (Lipinski definition) is 2. The smallest absolute Gasteiger partial charge is 0.336 e. The Kier molecular flexibility index (Phi) is 3.62. The van der Waals surface area contributed by atoms with E-state index < -0.39 is 5.97 Å². The first-order valence-corrected chi connectivity index (χ1v) is 8.07. The van der Waals surface area contributed by atoms with Crippen molar-refractivity contribution in [2.75, 3.05) is 0 Å². The Morgan fingerprint density at radius 1 is 0.840 bits per heavy atom. The molecule has 0 bridgehead atoms. The van der Waals surface area contributed by atoms with Gasteiger partial charge in [-0.05, 0) is 24.1 Å². The number of aryl methyl sites for hydroxylation is 1. The van der Waals surface area contributed by atoms with Crippen LogP contribution < -0.4 is 0 Å². The molecule has 0 atom stereocenters. The highest BCUT2D eigenvalue weighted by Crippen LogP contribution is 2.42. The van der Waals surface area contributed by atoms with Crippen molar-refractivity contribution in [1.29, 1.82) is 0 Å². The average Bonchev–Trinajstić information content (AvgIpc) is 3.02. The van der Waals surface area contributed by atoms with E-state index in [0.717, 1.165) is 22.3 Å². The maximum absolute atomic E-state index is 11.9. The van der Waals surface area contributed by atoms with Gasteiger partial charge in [-0.3, -0.25) is 0 Å². The molecule has 0 aliphatic carbocycles. The van der Waals surface area contributed by atoms with Crippen molar-refractivity contribution in [1.82, 2.24) is 0 Å². The first-order valence-electron chi connectivity index (χ1n) is 8.07. The van der Waals surface area contributed by atoms with Gasteiger partial charge in [0, 0.05) is 16.5 Å². The molecular formula is C22H16O3. The molecule has 3 heteroatoms. The Bertz CT molecular complexity index is 1060. The van der Waals surface area contributed by atoms with Gasteiger partial charge in [-0.1, -0.05) is 66.7 Å². The van der Waals surface area contributed by atoms with Gasteiger partial charge in [0.25, 0.3) is 0 Å². The summed E-state index contributed by atoms with van der Waals surface area (Å²) in [7, 11) is 0. The molecule has 0 saturated heterocycles. The molecule has 0 saturated carbocycles. The molecule has 1 aromatic heterocycles. The second-order valence-corrected chi connectivity index (χ2v) is 5.97. The molecule has 0 fully saturated rings. The fraction of sp³-hybridized carbons (Fsp3) is 0.0455. The predicted molar refractivity (Wildman–Crippen MR) is 98.8 cm³/mol. The first-order chi connectivity index (χ1) is 12.2. The van der Waals surface area contributed by atoms with Gasteiger partial charge >= 0.3 is 5.97 Å². The van der Waals surface area contributed by atoms with E-state index in [1.807, 2.05) is 73.7 Å². The van der Waals surface area contributed by atoms with Gasteiger partial charge in [0.2, 0.25) is 0 Å². The maximum Gasteiger partial charge on any atom is 0.336 e. The summed E-state index contributed by atoms with van der Waals surface area (Å²) in [4.78, 5) is 11.9. The van der Waals surface area contributed by atoms with Crippen molar-refractivity contribution in [3.05, 3.63) is 83.9 Å². The van der Waals surface area contributed by atoms with Crippen LogP contribution in [0.1, 0.15) is 15.9 Å². The summed E-state index contributed by atoms with van der Waals surface area (Å²) in [5.74, 6) is -0.254. The lowest BCUT2D eigenvalue weighted by Crippen LogP contribution is -2.00. The van der Waals surface area contributed by atoms with Crippen LogP contribution in [0.2, 0.25) is 0 Å². The number of carboxylic acids is 1. The molecule has 1 N–H and O–H groups in total. The Balaban J connectivity index is 2.17. The second kappa shape index (κ2) is 5.95. The molecule has 0 amide bonds. The Labute approximate surface area is 145 Å². The topological polar surface area (TPSA) is 50.4 Å². The number of rotatable bonds is 3. The van der Waals surface area contributed by atoms with E-state index in [4.69, 9.17) is 4.42 Å². The zero-order valence-corrected chi connectivity index (χ0v) is 13.7. The first kappa shape index (κ1) is 15.2. The van der Waals surface area contributed by atoms with Crippen molar-refractivity contribution in [2.45, 2.75) is 6.92 Å². The van der Waals surface area contributed by atoms with E-state index in [1.165, 1.54) is 0 Å². The van der Waals surface area contributed by atoms with Crippen LogP contribution >= 0.6 is 0 Å². The summed E-state index contributed by atoms with van der Waals surface area (Å²) in [6.07, 6.45) is 0. The highest BCUT2D eigenvalue weighted by atomic mass is 16.4. The molecular weight excluding hydrogens is 312 g/mol. The lowest BCUT2D eigenvalue weighted by Gasteiger charge is -2.07. The molecule has 1 heterocycles. The monoisotopic (exact) mass is 328 g/mol. The fourth-order valence-electron chi connectivity index (χ4n) is 3.24. The predicted octanol–water partition coefficient (Wildman–Crippen LogP) is 5.77. The molecule has 122 valence electrons. The lowest BCUT2D eigenvalue weighted by atomic mass is 9.94. The van der Waals surface area contributed by atoms with Crippen molar-refractivity contribution < 1.29 is 14.3 Å². The highest BCUT2D eigenvalue weighted by Gasteiger charge is 2.23. The van der Waals surface area contributed by atoms with E-state index in [-0.39, 0.29) is 0 Å². The van der Waals surface area contributed by atoms with Gasteiger partial charge in [-0.25, -0.2) is 4.79 Å². The number of carbonyl (C=O) groups is 1. The molecule has 0 aliphatic rings. The average molecular weight is 328 g/mol. The van der Waals surface area contributed by atoms with Crippen LogP contribution in [0.25, 0.3) is 33.4 Å². The molecule has 0 unspecified atom stereocenters. The number of fused-ring (bicyclic) bond motifs is 1. The standard InChI is InChI=1S/C22H16O3/c1-14-12-13-17-20(18(14)22(23)24)19(15-8-4-2-5-9-15)21(25-17)16-10-6-3-7-11-16/h2-13H,1H3,(H,23,24). The molecule has 4 rings (SSSR count). The van der Waals surface area contributed by atoms with Crippen LogP contribution in [0, 0.1) is 6.92 Å². The minimum Gasteiger partial charge on any atom is -0.478 e. The minimum absolute atomic E-state index is 0.294. The van der Waals surface area contributed by atoms with E-state index in [2.05, 4.69) is 0 Å². The maximum atomic E-state index is 11.9. The van der Waals surface area contributed by atoms with Gasteiger partial charge in [0.05, 0.1) is 5.56 Å². The molecule has 0 spiro atoms. The number of benzene rings is 3. The number of carboxylic acid groups (broad SMARTS) is 1. The third kappa shape index (κ3) is 2.50. The van der Waals surface area contributed by atoms with E-state index in [9.17, 15) is 9.90 Å². The molecule has 25 heavy (non-hydrogen) atoms. The Morgan fingerprint density at radius 2 is 1.44 bits per heavy atom. The Morgan fingerprint density at radius 3 is 2.04 bits per heavy atom. The second-order valence-electron chi connectivity index (χ2n) is 5.97. The zero-order valence-electron chi connectivity index (χ0n) is 13.7. The largest absolute Gasteiger partial charge is 0.478 e. The van der Waals surface area contributed by atoms with Crippen molar-refractivity contribution in [3.63, 3.8) is 0 Å². The van der Waals surface area contributed by atoms with E-state index in [0.29, 0.717) is 22.3 Å². The van der Waals surface area contributed by atoms with Crippen molar-refractivity contribution in [3.8, 4) is 22.5 Å². The molecule has 0 radical (unpaired) electrons. The summed E-state index contributed by atoms with van der Waals surface area (Å²) < 4.78 is 6.12. The van der Waals surface area contributed by atoms with Gasteiger partial charge in [0.1, 0.15) is 11.3 Å². The molecule has 3 aromatic carbocycles. The van der Waals surface area contributed by atoms with Gasteiger partial charge in [-0.15, -0.1) is 0 Å². The summed E-state index contributed by atoms with van der Waals surface area (Å²) >= 11 is 0.